The third kappa shape index (κ3) is 4.81. The van der Waals surface area contributed by atoms with Gasteiger partial charge in [-0.1, -0.05) is 35.4 Å². The molecule has 0 aliphatic carbocycles. The minimum absolute atomic E-state index is 0.0866. The largest absolute Gasteiger partial charge is 0.351 e. The second-order valence-corrected chi connectivity index (χ2v) is 7.85. The molecule has 0 fully saturated rings. The molecule has 2 aromatic carbocycles. The molecule has 0 unspecified atom stereocenters. The Morgan fingerprint density at radius 3 is 2.35 bits per heavy atom. The van der Waals surface area contributed by atoms with Crippen molar-refractivity contribution in [1.29, 1.82) is 0 Å². The maximum atomic E-state index is 12.2. The molecule has 0 saturated heterocycles. The van der Waals surface area contributed by atoms with E-state index in [0.29, 0.717) is 11.6 Å². The fourth-order valence-corrected chi connectivity index (χ4v) is 3.48. The van der Waals surface area contributed by atoms with Crippen LogP contribution in [0.4, 0.5) is 0 Å². The van der Waals surface area contributed by atoms with Crippen molar-refractivity contribution in [2.75, 3.05) is 5.75 Å². The maximum absolute atomic E-state index is 12.2. The van der Waals surface area contributed by atoms with Crippen LogP contribution in [0.25, 0.3) is 0 Å². The molecular formula is C17H18ClNO3S. The van der Waals surface area contributed by atoms with Crippen LogP contribution in [0, 0.1) is 13.8 Å². The highest BCUT2D eigenvalue weighted by Crippen LogP contribution is 2.15. The van der Waals surface area contributed by atoms with Gasteiger partial charge < -0.3 is 5.32 Å². The van der Waals surface area contributed by atoms with Crippen molar-refractivity contribution >= 4 is 27.3 Å². The van der Waals surface area contributed by atoms with Crippen LogP contribution in [-0.4, -0.2) is 20.1 Å². The van der Waals surface area contributed by atoms with Gasteiger partial charge >= 0.3 is 0 Å². The number of benzene rings is 2. The molecule has 0 aliphatic rings. The average molecular weight is 352 g/mol. The van der Waals surface area contributed by atoms with Crippen molar-refractivity contribution in [3.63, 3.8) is 0 Å². The van der Waals surface area contributed by atoms with Crippen molar-refractivity contribution in [2.45, 2.75) is 25.3 Å². The molecule has 0 radical (unpaired) electrons. The van der Waals surface area contributed by atoms with E-state index < -0.39 is 21.5 Å². The molecular weight excluding hydrogens is 334 g/mol. The first kappa shape index (κ1) is 17.5. The Balaban J connectivity index is 2.00. The van der Waals surface area contributed by atoms with Gasteiger partial charge in [-0.3, -0.25) is 4.79 Å². The lowest BCUT2D eigenvalue weighted by Crippen LogP contribution is -2.30. The third-order valence-electron chi connectivity index (χ3n) is 3.47. The van der Waals surface area contributed by atoms with Gasteiger partial charge in [-0.25, -0.2) is 8.42 Å². The minimum Gasteiger partial charge on any atom is -0.351 e. The lowest BCUT2D eigenvalue weighted by Gasteiger charge is -2.09. The molecule has 0 bridgehead atoms. The molecule has 122 valence electrons. The summed E-state index contributed by atoms with van der Waals surface area (Å²) in [5.41, 5.74) is 3.17. The van der Waals surface area contributed by atoms with Crippen LogP contribution in [0.2, 0.25) is 5.02 Å². The molecule has 2 aromatic rings. The van der Waals surface area contributed by atoms with E-state index in [0.717, 1.165) is 16.7 Å². The van der Waals surface area contributed by atoms with E-state index in [1.165, 1.54) is 24.3 Å². The number of amides is 1. The summed E-state index contributed by atoms with van der Waals surface area (Å²) in [5.74, 6) is -1.11. The number of nitrogens with one attached hydrogen (secondary N) is 1. The Morgan fingerprint density at radius 2 is 1.74 bits per heavy atom. The van der Waals surface area contributed by atoms with Crippen molar-refractivity contribution in [3.8, 4) is 0 Å². The lowest BCUT2D eigenvalue weighted by atomic mass is 10.1. The highest BCUT2D eigenvalue weighted by Gasteiger charge is 2.19. The van der Waals surface area contributed by atoms with E-state index in [1.54, 1.807) is 0 Å². The molecule has 0 spiro atoms. The van der Waals surface area contributed by atoms with Gasteiger partial charge in [0, 0.05) is 11.6 Å². The minimum atomic E-state index is -3.67. The molecule has 4 nitrogen and oxygen atoms in total. The average Bonchev–Trinajstić information content (AvgIpc) is 2.46. The zero-order chi connectivity index (χ0) is 17.0. The Morgan fingerprint density at radius 1 is 1.09 bits per heavy atom. The van der Waals surface area contributed by atoms with Crippen LogP contribution >= 0.6 is 11.6 Å². The Labute approximate surface area is 141 Å². The summed E-state index contributed by atoms with van der Waals surface area (Å²) in [7, 11) is -3.67. The molecule has 0 heterocycles. The predicted molar refractivity (Wildman–Crippen MR) is 91.3 cm³/mol. The fourth-order valence-electron chi connectivity index (χ4n) is 2.19. The van der Waals surface area contributed by atoms with E-state index >= 15 is 0 Å². The molecule has 23 heavy (non-hydrogen) atoms. The quantitative estimate of drug-likeness (QED) is 0.900. The third-order valence-corrected chi connectivity index (χ3v) is 5.35. The van der Waals surface area contributed by atoms with Crippen LogP contribution in [0.15, 0.2) is 47.4 Å². The first-order valence-electron chi connectivity index (χ1n) is 7.09. The summed E-state index contributed by atoms with van der Waals surface area (Å²) in [5, 5.41) is 3.10. The van der Waals surface area contributed by atoms with E-state index in [-0.39, 0.29) is 4.90 Å². The molecule has 0 aromatic heterocycles. The summed E-state index contributed by atoms with van der Waals surface area (Å²) >= 11 is 5.74. The highest BCUT2D eigenvalue weighted by atomic mass is 35.5. The standard InChI is InChI=1S/C17H18ClNO3S/c1-12-3-4-14(13(2)9-12)10-19-17(20)11-23(21,22)16-7-5-15(18)6-8-16/h3-9H,10-11H2,1-2H3,(H,19,20). The van der Waals surface area contributed by atoms with Gasteiger partial charge in [-0.05, 0) is 49.2 Å². The number of carbonyl (C=O) groups is 1. The highest BCUT2D eigenvalue weighted by molar-refractivity contribution is 7.92. The van der Waals surface area contributed by atoms with Crippen LogP contribution in [0.3, 0.4) is 0 Å². The van der Waals surface area contributed by atoms with Gasteiger partial charge in [-0.15, -0.1) is 0 Å². The monoisotopic (exact) mass is 351 g/mol. The second kappa shape index (κ2) is 7.15. The van der Waals surface area contributed by atoms with Crippen molar-refractivity contribution < 1.29 is 13.2 Å². The molecule has 6 heteroatoms. The van der Waals surface area contributed by atoms with Gasteiger partial charge in [0.15, 0.2) is 9.84 Å². The maximum Gasteiger partial charge on any atom is 0.235 e. The van der Waals surface area contributed by atoms with Gasteiger partial charge in [0.2, 0.25) is 5.91 Å². The SMILES string of the molecule is Cc1ccc(CNC(=O)CS(=O)(=O)c2ccc(Cl)cc2)c(C)c1. The van der Waals surface area contributed by atoms with Crippen molar-refractivity contribution in [2.24, 2.45) is 0 Å². The summed E-state index contributed by atoms with van der Waals surface area (Å²) < 4.78 is 24.3. The van der Waals surface area contributed by atoms with E-state index in [1.807, 2.05) is 32.0 Å². The number of carbonyl (C=O) groups excluding carboxylic acids is 1. The number of sulfone groups is 1. The fraction of sp³-hybridized carbons (Fsp3) is 0.235. The molecule has 2 rings (SSSR count). The van der Waals surface area contributed by atoms with E-state index in [2.05, 4.69) is 5.32 Å². The molecule has 1 amide bonds. The van der Waals surface area contributed by atoms with Gasteiger partial charge in [0.25, 0.3) is 0 Å². The topological polar surface area (TPSA) is 63.2 Å². The molecule has 0 saturated carbocycles. The lowest BCUT2D eigenvalue weighted by molar-refractivity contribution is -0.118. The Bertz CT molecular complexity index is 814. The zero-order valence-electron chi connectivity index (χ0n) is 13.0. The smallest absolute Gasteiger partial charge is 0.235 e. The van der Waals surface area contributed by atoms with Crippen molar-refractivity contribution in [3.05, 3.63) is 64.2 Å². The summed E-state index contributed by atoms with van der Waals surface area (Å²) in [6.07, 6.45) is 0. The first-order valence-corrected chi connectivity index (χ1v) is 9.12. The number of rotatable bonds is 5. The number of hydrogen-bond acceptors (Lipinski definition) is 3. The molecule has 0 aliphatic heterocycles. The molecule has 1 N–H and O–H groups in total. The van der Waals surface area contributed by atoms with Crippen molar-refractivity contribution in [1.82, 2.24) is 5.32 Å². The van der Waals surface area contributed by atoms with Gasteiger partial charge in [0.05, 0.1) is 4.90 Å². The molecule has 0 atom stereocenters. The number of halogens is 1. The van der Waals surface area contributed by atoms with Crippen LogP contribution in [-0.2, 0) is 21.2 Å². The normalized spacial score (nSPS) is 11.3. The van der Waals surface area contributed by atoms with E-state index in [4.69, 9.17) is 11.6 Å². The summed E-state index contributed by atoms with van der Waals surface area (Å²) in [6, 6.07) is 11.7. The number of hydrogen-bond donors (Lipinski definition) is 1. The Kier molecular flexibility index (Phi) is 5.44. The zero-order valence-corrected chi connectivity index (χ0v) is 14.5. The Hall–Kier alpha value is -1.85. The first-order chi connectivity index (χ1) is 10.8. The van der Waals surface area contributed by atoms with Crippen LogP contribution in [0.5, 0.6) is 0 Å². The van der Waals surface area contributed by atoms with Gasteiger partial charge in [-0.2, -0.15) is 0 Å². The summed E-state index contributed by atoms with van der Waals surface area (Å²) in [4.78, 5) is 12.0. The number of aryl methyl sites for hydroxylation is 2. The summed E-state index contributed by atoms with van der Waals surface area (Å²) in [6.45, 7) is 4.26. The van der Waals surface area contributed by atoms with Gasteiger partial charge in [0.1, 0.15) is 5.75 Å². The van der Waals surface area contributed by atoms with E-state index in [9.17, 15) is 13.2 Å². The predicted octanol–water partition coefficient (Wildman–Crippen LogP) is 3.05. The second-order valence-electron chi connectivity index (χ2n) is 5.42. The van der Waals surface area contributed by atoms with Crippen LogP contribution < -0.4 is 5.32 Å². The van der Waals surface area contributed by atoms with Crippen LogP contribution in [0.1, 0.15) is 16.7 Å².